The molecule has 0 radical (unpaired) electrons. The highest BCUT2D eigenvalue weighted by Crippen LogP contribution is 2.25. The fourth-order valence-corrected chi connectivity index (χ4v) is 1.94. The third-order valence-corrected chi connectivity index (χ3v) is 3.23. The molecule has 0 aliphatic heterocycles. The zero-order valence-corrected chi connectivity index (χ0v) is 12.8. The van der Waals surface area contributed by atoms with Crippen molar-refractivity contribution in [1.29, 1.82) is 0 Å². The van der Waals surface area contributed by atoms with Crippen molar-refractivity contribution >= 4 is 0 Å². The van der Waals surface area contributed by atoms with Crippen LogP contribution in [0, 0.1) is 20.8 Å². The molecule has 18 heavy (non-hydrogen) atoms. The molecule has 0 atom stereocenters. The summed E-state index contributed by atoms with van der Waals surface area (Å²) in [6, 6.07) is 4.30. The van der Waals surface area contributed by atoms with E-state index in [0.29, 0.717) is 5.54 Å². The van der Waals surface area contributed by atoms with Crippen molar-refractivity contribution in [1.82, 2.24) is 0 Å². The van der Waals surface area contributed by atoms with Gasteiger partial charge in [-0.25, -0.2) is 0 Å². The lowest BCUT2D eigenvalue weighted by molar-refractivity contribution is -0.717. The summed E-state index contributed by atoms with van der Waals surface area (Å²) < 4.78 is 5.94. The smallest absolute Gasteiger partial charge is 0.125 e. The summed E-state index contributed by atoms with van der Waals surface area (Å²) in [5.74, 6) is 1.07. The third-order valence-electron chi connectivity index (χ3n) is 3.23. The van der Waals surface area contributed by atoms with Crippen LogP contribution in [0.3, 0.4) is 0 Å². The van der Waals surface area contributed by atoms with Crippen molar-refractivity contribution in [2.24, 2.45) is 0 Å². The zero-order valence-electron chi connectivity index (χ0n) is 12.8. The van der Waals surface area contributed by atoms with Crippen LogP contribution < -0.4 is 10.1 Å². The molecule has 0 heterocycles. The first-order valence-electron chi connectivity index (χ1n) is 6.85. The van der Waals surface area contributed by atoms with Crippen molar-refractivity contribution in [3.05, 3.63) is 28.8 Å². The maximum Gasteiger partial charge on any atom is 0.125 e. The summed E-state index contributed by atoms with van der Waals surface area (Å²) in [4.78, 5) is 0. The fraction of sp³-hybridized carbons (Fsp3) is 0.625. The van der Waals surface area contributed by atoms with Gasteiger partial charge in [0.25, 0.3) is 0 Å². The van der Waals surface area contributed by atoms with Gasteiger partial charge in [-0.1, -0.05) is 12.1 Å². The fourth-order valence-electron chi connectivity index (χ4n) is 1.94. The van der Waals surface area contributed by atoms with Crippen LogP contribution in [0.15, 0.2) is 12.1 Å². The van der Waals surface area contributed by atoms with Crippen molar-refractivity contribution in [2.75, 3.05) is 13.2 Å². The van der Waals surface area contributed by atoms with Crippen molar-refractivity contribution in [2.45, 2.75) is 53.5 Å². The first-order valence-corrected chi connectivity index (χ1v) is 6.85. The van der Waals surface area contributed by atoms with Gasteiger partial charge in [0, 0.05) is 6.42 Å². The molecule has 0 amide bonds. The van der Waals surface area contributed by atoms with Gasteiger partial charge in [-0.15, -0.1) is 0 Å². The topological polar surface area (TPSA) is 25.8 Å². The number of ether oxygens (including phenoxy) is 1. The van der Waals surface area contributed by atoms with Gasteiger partial charge in [-0.2, -0.15) is 0 Å². The van der Waals surface area contributed by atoms with E-state index in [2.05, 4.69) is 59.0 Å². The molecule has 1 rings (SSSR count). The third kappa shape index (κ3) is 4.69. The predicted molar refractivity (Wildman–Crippen MR) is 77.3 cm³/mol. The Morgan fingerprint density at radius 3 is 2.28 bits per heavy atom. The SMILES string of the molecule is Cc1ccc(C)c(OCCC[NH2+]C(C)(C)C)c1C. The first kappa shape index (κ1) is 15.0. The molecule has 0 aliphatic rings. The van der Waals surface area contributed by atoms with Crippen LogP contribution in [0.4, 0.5) is 0 Å². The van der Waals surface area contributed by atoms with Crippen molar-refractivity contribution < 1.29 is 10.1 Å². The Bertz CT molecular complexity index is 391. The summed E-state index contributed by atoms with van der Waals surface area (Å²) >= 11 is 0. The molecule has 0 bridgehead atoms. The van der Waals surface area contributed by atoms with Crippen LogP contribution in [0.25, 0.3) is 0 Å². The number of hydrogen-bond acceptors (Lipinski definition) is 1. The van der Waals surface area contributed by atoms with Crippen LogP contribution in [0.1, 0.15) is 43.9 Å². The maximum absolute atomic E-state index is 5.94. The maximum atomic E-state index is 5.94. The summed E-state index contributed by atoms with van der Waals surface area (Å²) in [5.41, 5.74) is 4.12. The van der Waals surface area contributed by atoms with Gasteiger partial charge in [0.1, 0.15) is 5.75 Å². The van der Waals surface area contributed by atoms with Gasteiger partial charge in [-0.05, 0) is 58.2 Å². The van der Waals surface area contributed by atoms with Gasteiger partial charge >= 0.3 is 0 Å². The number of aryl methyl sites for hydroxylation is 2. The van der Waals surface area contributed by atoms with E-state index in [9.17, 15) is 0 Å². The molecule has 0 saturated heterocycles. The molecular weight excluding hydrogens is 222 g/mol. The lowest BCUT2D eigenvalue weighted by Gasteiger charge is -2.17. The molecule has 2 nitrogen and oxygen atoms in total. The standard InChI is InChI=1S/C16H27NO/c1-12-8-9-13(2)15(14(12)3)18-11-7-10-17-16(4,5)6/h8-9,17H,7,10-11H2,1-6H3/p+1. The van der Waals surface area contributed by atoms with E-state index in [1.165, 1.54) is 16.7 Å². The van der Waals surface area contributed by atoms with Crippen LogP contribution >= 0.6 is 0 Å². The quantitative estimate of drug-likeness (QED) is 0.799. The number of nitrogens with two attached hydrogens (primary N) is 1. The van der Waals surface area contributed by atoms with E-state index in [1.807, 2.05) is 0 Å². The highest BCUT2D eigenvalue weighted by atomic mass is 16.5. The highest BCUT2D eigenvalue weighted by Gasteiger charge is 2.12. The Morgan fingerprint density at radius 2 is 1.67 bits per heavy atom. The van der Waals surface area contributed by atoms with E-state index < -0.39 is 0 Å². The summed E-state index contributed by atoms with van der Waals surface area (Å²) in [7, 11) is 0. The molecule has 2 heteroatoms. The van der Waals surface area contributed by atoms with Crippen molar-refractivity contribution in [3.63, 3.8) is 0 Å². The summed E-state index contributed by atoms with van der Waals surface area (Å²) in [6.45, 7) is 15.0. The average Bonchev–Trinajstić information content (AvgIpc) is 2.26. The van der Waals surface area contributed by atoms with Crippen LogP contribution in [0.2, 0.25) is 0 Å². The van der Waals surface area contributed by atoms with Crippen LogP contribution in [-0.4, -0.2) is 18.7 Å². The largest absolute Gasteiger partial charge is 0.493 e. The lowest BCUT2D eigenvalue weighted by atomic mass is 10.1. The molecule has 1 aromatic rings. The van der Waals surface area contributed by atoms with Crippen LogP contribution in [0.5, 0.6) is 5.75 Å². The molecule has 1 aromatic carbocycles. The van der Waals surface area contributed by atoms with Crippen molar-refractivity contribution in [3.8, 4) is 5.75 Å². The van der Waals surface area contributed by atoms with Gasteiger partial charge in [0.05, 0.1) is 18.7 Å². The lowest BCUT2D eigenvalue weighted by Crippen LogP contribution is -2.94. The summed E-state index contributed by atoms with van der Waals surface area (Å²) in [5, 5.41) is 2.37. The zero-order chi connectivity index (χ0) is 13.8. The van der Waals surface area contributed by atoms with Gasteiger partial charge in [-0.3, -0.25) is 0 Å². The average molecular weight is 250 g/mol. The summed E-state index contributed by atoms with van der Waals surface area (Å²) in [6.07, 6.45) is 1.09. The number of quaternary nitrogens is 1. The normalized spacial score (nSPS) is 11.7. The van der Waals surface area contributed by atoms with Gasteiger partial charge < -0.3 is 10.1 Å². The Hall–Kier alpha value is -1.02. The van der Waals surface area contributed by atoms with E-state index in [-0.39, 0.29) is 0 Å². The molecule has 0 fully saturated rings. The predicted octanol–water partition coefficient (Wildman–Crippen LogP) is 2.74. The minimum absolute atomic E-state index is 0.315. The monoisotopic (exact) mass is 250 g/mol. The van der Waals surface area contributed by atoms with E-state index in [1.54, 1.807) is 0 Å². The van der Waals surface area contributed by atoms with Crippen LogP contribution in [-0.2, 0) is 0 Å². The molecule has 102 valence electrons. The van der Waals surface area contributed by atoms with E-state index in [4.69, 9.17) is 4.74 Å². The highest BCUT2D eigenvalue weighted by molar-refractivity contribution is 5.44. The molecular formula is C16H28NO+. The minimum Gasteiger partial charge on any atom is -0.493 e. The Morgan fingerprint density at radius 1 is 1.06 bits per heavy atom. The Balaban J connectivity index is 2.43. The molecule has 0 unspecified atom stereocenters. The first-order chi connectivity index (χ1) is 8.31. The Labute approximate surface area is 112 Å². The number of benzene rings is 1. The number of hydrogen-bond donors (Lipinski definition) is 1. The molecule has 0 aromatic heterocycles. The Kier molecular flexibility index (Phi) is 5.21. The molecule has 0 aliphatic carbocycles. The molecule has 0 saturated carbocycles. The second-order valence-electron chi connectivity index (χ2n) is 6.21. The second-order valence-corrected chi connectivity index (χ2v) is 6.21. The second kappa shape index (κ2) is 6.24. The minimum atomic E-state index is 0.315. The molecule has 2 N–H and O–H groups in total. The van der Waals surface area contributed by atoms with E-state index >= 15 is 0 Å². The van der Waals surface area contributed by atoms with Gasteiger partial charge in [0.2, 0.25) is 0 Å². The molecule has 0 spiro atoms. The van der Waals surface area contributed by atoms with E-state index in [0.717, 1.165) is 25.3 Å². The number of rotatable bonds is 5. The van der Waals surface area contributed by atoms with Gasteiger partial charge in [0.15, 0.2) is 0 Å².